The van der Waals surface area contributed by atoms with Crippen LogP contribution in [-0.4, -0.2) is 34.3 Å². The van der Waals surface area contributed by atoms with E-state index in [9.17, 15) is 4.39 Å². The number of nitrogens with zero attached hydrogens (tertiary/aromatic N) is 4. The first-order valence-electron chi connectivity index (χ1n) is 9.23. The summed E-state index contributed by atoms with van der Waals surface area (Å²) in [5.74, 6) is 6.72. The lowest BCUT2D eigenvalue weighted by Crippen LogP contribution is -2.38. The van der Waals surface area contributed by atoms with Gasteiger partial charge in [-0.15, -0.1) is 0 Å². The molecule has 0 amide bonds. The molecule has 28 heavy (non-hydrogen) atoms. The van der Waals surface area contributed by atoms with E-state index < -0.39 is 0 Å². The van der Waals surface area contributed by atoms with E-state index in [2.05, 4.69) is 14.9 Å². The van der Waals surface area contributed by atoms with Crippen molar-refractivity contribution in [1.29, 1.82) is 5.26 Å². The average Bonchev–Trinajstić information content (AvgIpc) is 3.18. The predicted molar refractivity (Wildman–Crippen MR) is 105 cm³/mol. The van der Waals surface area contributed by atoms with Crippen LogP contribution in [0.2, 0.25) is 0 Å². The number of hydrazine groups is 1. The molecule has 1 fully saturated rings. The van der Waals surface area contributed by atoms with Gasteiger partial charge in [0.1, 0.15) is 18.0 Å². The van der Waals surface area contributed by atoms with E-state index in [0.717, 1.165) is 48.7 Å². The van der Waals surface area contributed by atoms with Gasteiger partial charge in [-0.1, -0.05) is 6.07 Å². The SMILES string of the molecule is N#Cc1ccc(CN2CCC(/C(N)=C3\c4cc[nH]c4N=CN3N)CC2)c(F)c1. The molecule has 0 saturated carbocycles. The lowest BCUT2D eigenvalue weighted by atomic mass is 9.91. The van der Waals surface area contributed by atoms with Crippen LogP contribution >= 0.6 is 0 Å². The summed E-state index contributed by atoms with van der Waals surface area (Å²) >= 11 is 0. The number of allylic oxidation sites excluding steroid dienone is 1. The number of H-pyrrole nitrogens is 1. The van der Waals surface area contributed by atoms with Crippen LogP contribution in [0.1, 0.15) is 29.5 Å². The van der Waals surface area contributed by atoms with E-state index in [1.54, 1.807) is 18.5 Å². The van der Waals surface area contributed by atoms with Crippen LogP contribution in [0.5, 0.6) is 0 Å². The number of aliphatic imine (C=N–C) groups is 1. The summed E-state index contributed by atoms with van der Waals surface area (Å²) in [4.78, 5) is 9.55. The Hall–Kier alpha value is -3.15. The van der Waals surface area contributed by atoms with Gasteiger partial charge in [-0.2, -0.15) is 5.26 Å². The number of benzene rings is 1. The first-order chi connectivity index (χ1) is 13.6. The number of nitriles is 1. The van der Waals surface area contributed by atoms with E-state index >= 15 is 0 Å². The van der Waals surface area contributed by atoms with E-state index in [1.165, 1.54) is 11.1 Å². The molecule has 0 spiro atoms. The molecule has 0 aliphatic carbocycles. The molecule has 5 N–H and O–H groups in total. The standard InChI is InChI=1S/C20H22FN7/c21-17-9-13(10-22)1-2-15(17)11-27-7-4-14(5-8-27)18(23)19-16-3-6-25-20(16)26-12-28(19)24/h1-3,6,9,12,14,25H,4-5,7-8,11,23-24H2/b19-18-. The molecule has 1 saturated heterocycles. The number of nitrogens with one attached hydrogen (secondary N) is 1. The number of aromatic amines is 1. The van der Waals surface area contributed by atoms with Gasteiger partial charge in [0.25, 0.3) is 0 Å². The van der Waals surface area contributed by atoms with Crippen LogP contribution in [0.3, 0.4) is 0 Å². The smallest absolute Gasteiger partial charge is 0.141 e. The zero-order valence-corrected chi connectivity index (χ0v) is 15.4. The predicted octanol–water partition coefficient (Wildman–Crippen LogP) is 2.41. The van der Waals surface area contributed by atoms with E-state index in [1.807, 2.05) is 18.3 Å². The Bertz CT molecular complexity index is 977. The molecule has 4 rings (SSSR count). The number of hydrogen-bond acceptors (Lipinski definition) is 6. The molecule has 144 valence electrons. The van der Waals surface area contributed by atoms with Crippen molar-refractivity contribution in [2.75, 3.05) is 13.1 Å². The maximum Gasteiger partial charge on any atom is 0.141 e. The maximum atomic E-state index is 14.2. The van der Waals surface area contributed by atoms with Crippen molar-refractivity contribution in [1.82, 2.24) is 14.9 Å². The fraction of sp³-hybridized carbons (Fsp3) is 0.300. The highest BCUT2D eigenvalue weighted by molar-refractivity contribution is 5.86. The molecule has 8 heteroatoms. The maximum absolute atomic E-state index is 14.2. The number of hydrogen-bond donors (Lipinski definition) is 3. The Kier molecular flexibility index (Phi) is 4.86. The van der Waals surface area contributed by atoms with Gasteiger partial charge in [-0.05, 0) is 44.1 Å². The number of nitrogens with two attached hydrogens (primary N) is 2. The normalized spacial score (nSPS) is 19.4. The molecule has 3 heterocycles. The molecule has 0 bridgehead atoms. The van der Waals surface area contributed by atoms with Gasteiger partial charge in [0.2, 0.25) is 0 Å². The fourth-order valence-electron chi connectivity index (χ4n) is 3.86. The number of piperidine rings is 1. The van der Waals surface area contributed by atoms with E-state index in [-0.39, 0.29) is 11.7 Å². The number of fused-ring (bicyclic) bond motifs is 1. The number of likely N-dealkylation sites (tertiary alicyclic amines) is 1. The molecule has 2 aromatic rings. The monoisotopic (exact) mass is 379 g/mol. The van der Waals surface area contributed by atoms with Gasteiger partial charge in [0, 0.05) is 35.5 Å². The lowest BCUT2D eigenvalue weighted by molar-refractivity contribution is 0.188. The van der Waals surface area contributed by atoms with Crippen LogP contribution in [0, 0.1) is 23.1 Å². The summed E-state index contributed by atoms with van der Waals surface area (Å²) in [7, 11) is 0. The largest absolute Gasteiger partial charge is 0.400 e. The topological polar surface area (TPSA) is 110 Å². The minimum absolute atomic E-state index is 0.206. The van der Waals surface area contributed by atoms with Gasteiger partial charge in [0.05, 0.1) is 17.3 Å². The molecular weight excluding hydrogens is 357 g/mol. The highest BCUT2D eigenvalue weighted by atomic mass is 19.1. The lowest BCUT2D eigenvalue weighted by Gasteiger charge is -2.34. The van der Waals surface area contributed by atoms with Crippen LogP contribution in [0.25, 0.3) is 5.70 Å². The molecular formula is C20H22FN7. The summed E-state index contributed by atoms with van der Waals surface area (Å²) in [6, 6.07) is 8.52. The second kappa shape index (κ2) is 7.46. The molecule has 2 aliphatic rings. The van der Waals surface area contributed by atoms with Gasteiger partial charge in [-0.3, -0.25) is 9.91 Å². The van der Waals surface area contributed by atoms with E-state index in [4.69, 9.17) is 16.8 Å². The summed E-state index contributed by atoms with van der Waals surface area (Å²) in [5, 5.41) is 10.3. The molecule has 0 atom stereocenters. The summed E-state index contributed by atoms with van der Waals surface area (Å²) in [6.07, 6.45) is 5.13. The number of aromatic nitrogens is 1. The molecule has 1 aromatic carbocycles. The van der Waals surface area contributed by atoms with Crippen molar-refractivity contribution in [3.05, 3.63) is 58.7 Å². The Labute approximate surface area is 162 Å². The zero-order valence-electron chi connectivity index (χ0n) is 15.4. The Morgan fingerprint density at radius 3 is 2.82 bits per heavy atom. The Morgan fingerprint density at radius 2 is 2.11 bits per heavy atom. The average molecular weight is 379 g/mol. The van der Waals surface area contributed by atoms with Crippen molar-refractivity contribution >= 4 is 17.9 Å². The minimum atomic E-state index is -0.331. The molecule has 0 unspecified atom stereocenters. The first kappa shape index (κ1) is 18.2. The van der Waals surface area contributed by atoms with Gasteiger partial charge in [-0.25, -0.2) is 15.2 Å². The minimum Gasteiger partial charge on any atom is -0.400 e. The third kappa shape index (κ3) is 3.38. The van der Waals surface area contributed by atoms with E-state index in [0.29, 0.717) is 17.7 Å². The van der Waals surface area contributed by atoms with Crippen LogP contribution in [0.15, 0.2) is 41.2 Å². The Balaban J connectivity index is 1.45. The highest BCUT2D eigenvalue weighted by Crippen LogP contribution is 2.35. The quantitative estimate of drug-likeness (QED) is 0.710. The summed E-state index contributed by atoms with van der Waals surface area (Å²) < 4.78 is 14.2. The van der Waals surface area contributed by atoms with Gasteiger partial charge in [0.15, 0.2) is 0 Å². The number of rotatable bonds is 3. The fourth-order valence-corrected chi connectivity index (χ4v) is 3.86. The van der Waals surface area contributed by atoms with Crippen LogP contribution in [-0.2, 0) is 6.54 Å². The van der Waals surface area contributed by atoms with Gasteiger partial charge < -0.3 is 10.7 Å². The summed E-state index contributed by atoms with van der Waals surface area (Å²) in [5.41, 5.74) is 9.93. The molecule has 2 aliphatic heterocycles. The highest BCUT2D eigenvalue weighted by Gasteiger charge is 2.27. The zero-order chi connectivity index (χ0) is 19.7. The Morgan fingerprint density at radius 1 is 1.32 bits per heavy atom. The van der Waals surface area contributed by atoms with Crippen molar-refractivity contribution in [3.63, 3.8) is 0 Å². The summed E-state index contributed by atoms with van der Waals surface area (Å²) in [6.45, 7) is 2.16. The number of halogens is 1. The van der Waals surface area contributed by atoms with Crippen molar-refractivity contribution in [2.24, 2.45) is 22.5 Å². The van der Waals surface area contributed by atoms with Crippen LogP contribution < -0.4 is 11.6 Å². The second-order valence-electron chi connectivity index (χ2n) is 7.16. The third-order valence-corrected chi connectivity index (χ3v) is 5.43. The second-order valence-corrected chi connectivity index (χ2v) is 7.16. The van der Waals surface area contributed by atoms with Crippen LogP contribution in [0.4, 0.5) is 10.2 Å². The molecule has 7 nitrogen and oxygen atoms in total. The van der Waals surface area contributed by atoms with Crippen molar-refractivity contribution in [3.8, 4) is 6.07 Å². The first-order valence-corrected chi connectivity index (χ1v) is 9.23. The van der Waals surface area contributed by atoms with Crippen molar-refractivity contribution < 1.29 is 4.39 Å². The third-order valence-electron chi connectivity index (χ3n) is 5.43. The van der Waals surface area contributed by atoms with Gasteiger partial charge >= 0.3 is 0 Å². The van der Waals surface area contributed by atoms with Crippen molar-refractivity contribution in [2.45, 2.75) is 19.4 Å². The molecule has 1 aromatic heterocycles. The molecule has 0 radical (unpaired) electrons.